The lowest BCUT2D eigenvalue weighted by atomic mass is 10.1. The molecule has 1 aromatic carbocycles. The minimum atomic E-state index is -3.75. The molecule has 0 spiro atoms. The average molecular weight is 375 g/mol. The van der Waals surface area contributed by atoms with Gasteiger partial charge in [0, 0.05) is 30.6 Å². The van der Waals surface area contributed by atoms with E-state index in [0.29, 0.717) is 11.4 Å². The molecule has 0 amide bonds. The molecular formula is C17H15ClN4O2S. The normalized spacial score (nSPS) is 11.3. The largest absolute Gasteiger partial charge is 0.384 e. The minimum Gasteiger partial charge on any atom is -0.384 e. The van der Waals surface area contributed by atoms with Crippen molar-refractivity contribution in [1.29, 1.82) is 0 Å². The third kappa shape index (κ3) is 3.42. The first kappa shape index (κ1) is 17.2. The van der Waals surface area contributed by atoms with Crippen LogP contribution >= 0.6 is 11.6 Å². The Kier molecular flexibility index (Phi) is 4.61. The number of rotatable bonds is 4. The molecule has 0 radical (unpaired) electrons. The smallest absolute Gasteiger partial charge is 0.264 e. The highest BCUT2D eigenvalue weighted by Crippen LogP contribution is 2.31. The van der Waals surface area contributed by atoms with Gasteiger partial charge in [-0.05, 0) is 30.3 Å². The maximum Gasteiger partial charge on any atom is 0.264 e. The number of nitrogens with zero attached hydrogens (tertiary/aromatic N) is 3. The van der Waals surface area contributed by atoms with Gasteiger partial charge in [0.25, 0.3) is 10.0 Å². The van der Waals surface area contributed by atoms with Crippen LogP contribution in [0, 0.1) is 0 Å². The second kappa shape index (κ2) is 6.70. The molecule has 0 bridgehead atoms. The van der Waals surface area contributed by atoms with Crippen molar-refractivity contribution in [2.75, 3.05) is 17.1 Å². The summed E-state index contributed by atoms with van der Waals surface area (Å²) in [5.41, 5.74) is 7.31. The zero-order valence-corrected chi connectivity index (χ0v) is 14.9. The number of hydrogen-bond donors (Lipinski definition) is 1. The third-order valence-corrected chi connectivity index (χ3v) is 5.76. The molecule has 2 heterocycles. The molecule has 0 atom stereocenters. The van der Waals surface area contributed by atoms with Crippen LogP contribution in [0.3, 0.4) is 0 Å². The van der Waals surface area contributed by atoms with E-state index in [-0.39, 0.29) is 15.7 Å². The molecule has 0 saturated heterocycles. The monoisotopic (exact) mass is 374 g/mol. The number of hydrogen-bond acceptors (Lipinski definition) is 5. The van der Waals surface area contributed by atoms with E-state index in [1.807, 2.05) is 0 Å². The van der Waals surface area contributed by atoms with Gasteiger partial charge in [-0.25, -0.2) is 18.4 Å². The quantitative estimate of drug-likeness (QED) is 0.708. The lowest BCUT2D eigenvalue weighted by Crippen LogP contribution is -2.27. The van der Waals surface area contributed by atoms with E-state index >= 15 is 0 Å². The Balaban J connectivity index is 2.05. The number of benzene rings is 1. The second-order valence-corrected chi connectivity index (χ2v) is 7.62. The summed E-state index contributed by atoms with van der Waals surface area (Å²) in [5, 5.41) is 0.0918. The molecule has 8 heteroatoms. The van der Waals surface area contributed by atoms with Crippen LogP contribution in [0.1, 0.15) is 0 Å². The van der Waals surface area contributed by atoms with Gasteiger partial charge in [0.05, 0.1) is 10.6 Å². The van der Waals surface area contributed by atoms with Crippen LogP contribution in [0.25, 0.3) is 11.1 Å². The zero-order chi connectivity index (χ0) is 18.0. The number of halogens is 1. The highest BCUT2D eigenvalue weighted by atomic mass is 35.5. The van der Waals surface area contributed by atoms with Crippen molar-refractivity contribution >= 4 is 33.1 Å². The van der Waals surface area contributed by atoms with Gasteiger partial charge in [-0.2, -0.15) is 0 Å². The summed E-state index contributed by atoms with van der Waals surface area (Å²) < 4.78 is 26.7. The van der Waals surface area contributed by atoms with Gasteiger partial charge in [-0.3, -0.25) is 4.31 Å². The zero-order valence-electron chi connectivity index (χ0n) is 13.3. The van der Waals surface area contributed by atoms with E-state index in [0.717, 1.165) is 9.87 Å². The fourth-order valence-electron chi connectivity index (χ4n) is 2.27. The first-order valence-electron chi connectivity index (χ1n) is 7.31. The Bertz CT molecular complexity index is 993. The summed E-state index contributed by atoms with van der Waals surface area (Å²) in [7, 11) is -2.31. The molecule has 3 aromatic rings. The summed E-state index contributed by atoms with van der Waals surface area (Å²) in [6, 6.07) is 13.2. The second-order valence-electron chi connectivity index (χ2n) is 5.29. The molecule has 0 saturated carbocycles. The van der Waals surface area contributed by atoms with Crippen LogP contribution in [0.4, 0.5) is 11.5 Å². The van der Waals surface area contributed by atoms with Crippen molar-refractivity contribution in [3.63, 3.8) is 0 Å². The predicted octanol–water partition coefficient (Wildman–Crippen LogP) is 3.20. The molecule has 0 fully saturated rings. The standard InChI is InChI=1S/C17H15ClN4O2S/c1-22(25(23,24)14-5-3-2-4-6-14)15-9-13(11-21-17(15)18)12-7-8-16(19)20-10-12/h2-11H,1H3,(H2,19,20). The average Bonchev–Trinajstić information content (AvgIpc) is 2.63. The molecule has 0 unspecified atom stereocenters. The summed E-state index contributed by atoms with van der Waals surface area (Å²) in [5.74, 6) is 0.398. The molecule has 3 rings (SSSR count). The number of nitrogens with two attached hydrogens (primary N) is 1. The number of pyridine rings is 2. The van der Waals surface area contributed by atoms with Crippen molar-refractivity contribution in [2.45, 2.75) is 4.90 Å². The Morgan fingerprint density at radius 2 is 1.68 bits per heavy atom. The maximum atomic E-state index is 12.8. The van der Waals surface area contributed by atoms with Crippen LogP contribution < -0.4 is 10.0 Å². The molecule has 128 valence electrons. The van der Waals surface area contributed by atoms with E-state index in [4.69, 9.17) is 17.3 Å². The van der Waals surface area contributed by atoms with Crippen LogP contribution in [-0.2, 0) is 10.0 Å². The van der Waals surface area contributed by atoms with Crippen molar-refractivity contribution < 1.29 is 8.42 Å². The SMILES string of the molecule is CN(c1cc(-c2ccc(N)nc2)cnc1Cl)S(=O)(=O)c1ccccc1. The van der Waals surface area contributed by atoms with Gasteiger partial charge in [-0.15, -0.1) is 0 Å². The lowest BCUT2D eigenvalue weighted by molar-refractivity contribution is 0.594. The van der Waals surface area contributed by atoms with E-state index in [1.165, 1.54) is 19.2 Å². The van der Waals surface area contributed by atoms with Gasteiger partial charge in [0.2, 0.25) is 0 Å². The Morgan fingerprint density at radius 3 is 2.32 bits per heavy atom. The minimum absolute atomic E-state index is 0.0918. The van der Waals surface area contributed by atoms with Gasteiger partial charge < -0.3 is 5.73 Å². The lowest BCUT2D eigenvalue weighted by Gasteiger charge is -2.21. The third-order valence-electron chi connectivity index (χ3n) is 3.68. The van der Waals surface area contributed by atoms with E-state index < -0.39 is 10.0 Å². The summed E-state index contributed by atoms with van der Waals surface area (Å²) in [6.45, 7) is 0. The highest BCUT2D eigenvalue weighted by molar-refractivity contribution is 7.92. The predicted molar refractivity (Wildman–Crippen MR) is 98.9 cm³/mol. The number of aromatic nitrogens is 2. The van der Waals surface area contributed by atoms with Crippen LogP contribution in [-0.4, -0.2) is 25.4 Å². The van der Waals surface area contributed by atoms with Crippen molar-refractivity contribution in [1.82, 2.24) is 9.97 Å². The van der Waals surface area contributed by atoms with Gasteiger partial charge in [0.15, 0.2) is 5.15 Å². The van der Waals surface area contributed by atoms with Gasteiger partial charge in [-0.1, -0.05) is 29.8 Å². The highest BCUT2D eigenvalue weighted by Gasteiger charge is 2.23. The van der Waals surface area contributed by atoms with Crippen molar-refractivity contribution in [3.05, 3.63) is 66.1 Å². The Morgan fingerprint density at radius 1 is 1.00 bits per heavy atom. The topological polar surface area (TPSA) is 89.2 Å². The molecule has 2 N–H and O–H groups in total. The fraction of sp³-hybridized carbons (Fsp3) is 0.0588. The van der Waals surface area contributed by atoms with Gasteiger partial charge >= 0.3 is 0 Å². The Labute approximate surface area is 151 Å². The summed E-state index contributed by atoms with van der Waals surface area (Å²) >= 11 is 6.14. The molecule has 25 heavy (non-hydrogen) atoms. The van der Waals surface area contributed by atoms with E-state index in [2.05, 4.69) is 9.97 Å². The van der Waals surface area contributed by atoms with Gasteiger partial charge in [0.1, 0.15) is 5.82 Å². The Hall–Kier alpha value is -2.64. The van der Waals surface area contributed by atoms with Crippen LogP contribution in [0.5, 0.6) is 0 Å². The number of nitrogen functional groups attached to an aromatic ring is 1. The number of sulfonamides is 1. The fourth-order valence-corrected chi connectivity index (χ4v) is 3.77. The molecule has 0 aliphatic heterocycles. The maximum absolute atomic E-state index is 12.8. The molecule has 6 nitrogen and oxygen atoms in total. The molecule has 0 aliphatic carbocycles. The van der Waals surface area contributed by atoms with Crippen molar-refractivity contribution in [3.8, 4) is 11.1 Å². The van der Waals surface area contributed by atoms with E-state index in [9.17, 15) is 8.42 Å². The molecule has 2 aromatic heterocycles. The number of anilines is 2. The first-order valence-corrected chi connectivity index (χ1v) is 9.13. The van der Waals surface area contributed by atoms with Crippen LogP contribution in [0.2, 0.25) is 5.15 Å². The van der Waals surface area contributed by atoms with Crippen molar-refractivity contribution in [2.24, 2.45) is 0 Å². The van der Waals surface area contributed by atoms with Crippen LogP contribution in [0.15, 0.2) is 65.8 Å². The van der Waals surface area contributed by atoms with E-state index in [1.54, 1.807) is 48.8 Å². The molecular weight excluding hydrogens is 360 g/mol. The first-order chi connectivity index (χ1) is 11.9. The molecule has 0 aliphatic rings. The summed E-state index contributed by atoms with van der Waals surface area (Å²) in [4.78, 5) is 8.31. The summed E-state index contributed by atoms with van der Waals surface area (Å²) in [6.07, 6.45) is 3.15.